The summed E-state index contributed by atoms with van der Waals surface area (Å²) in [6.07, 6.45) is 2.11. The molecule has 1 aromatic carbocycles. The highest BCUT2D eigenvalue weighted by Crippen LogP contribution is 2.53. The molecule has 4 nitrogen and oxygen atoms in total. The zero-order valence-electron chi connectivity index (χ0n) is 17.9. The van der Waals surface area contributed by atoms with Crippen LogP contribution in [0.2, 0.25) is 0 Å². The zero-order valence-corrected chi connectivity index (χ0v) is 17.9. The van der Waals surface area contributed by atoms with E-state index in [1.165, 1.54) is 5.56 Å². The first-order valence-corrected chi connectivity index (χ1v) is 11.2. The molecule has 3 saturated heterocycles. The number of nitrogens with one attached hydrogen (secondary N) is 2. The summed E-state index contributed by atoms with van der Waals surface area (Å²) in [6, 6.07) is 11.4. The number of carbonyl (C=O) groups excluding carboxylic acids is 1. The fourth-order valence-corrected chi connectivity index (χ4v) is 6.16. The Morgan fingerprint density at radius 2 is 1.96 bits per heavy atom. The minimum Gasteiger partial charge on any atom is -0.354 e. The third-order valence-corrected chi connectivity index (χ3v) is 7.25. The Balaban J connectivity index is 1.61. The van der Waals surface area contributed by atoms with Crippen molar-refractivity contribution in [1.29, 1.82) is 0 Å². The molecule has 0 unspecified atom stereocenters. The molecule has 1 amide bonds. The number of nitrogens with zero attached hydrogens (tertiary/aromatic N) is 1. The normalized spacial score (nSPS) is 34.4. The van der Waals surface area contributed by atoms with Gasteiger partial charge >= 0.3 is 0 Å². The van der Waals surface area contributed by atoms with E-state index in [1.54, 1.807) is 0 Å². The average molecular weight is 384 g/mol. The highest BCUT2D eigenvalue weighted by molar-refractivity contribution is 5.87. The summed E-state index contributed by atoms with van der Waals surface area (Å²) in [7, 11) is 0. The third kappa shape index (κ3) is 3.50. The minimum atomic E-state index is -0.380. The van der Waals surface area contributed by atoms with Gasteiger partial charge < -0.3 is 10.6 Å². The molecule has 4 fully saturated rings. The van der Waals surface area contributed by atoms with E-state index in [-0.39, 0.29) is 11.4 Å². The van der Waals surface area contributed by atoms with Crippen LogP contribution in [0.3, 0.4) is 0 Å². The molecule has 154 valence electrons. The van der Waals surface area contributed by atoms with Crippen LogP contribution in [0.5, 0.6) is 0 Å². The maximum atomic E-state index is 13.5. The van der Waals surface area contributed by atoms with Gasteiger partial charge in [0, 0.05) is 38.1 Å². The molecule has 3 aliphatic heterocycles. The number of hydrogen-bond donors (Lipinski definition) is 2. The molecule has 1 aromatic rings. The van der Waals surface area contributed by atoms with Crippen LogP contribution in [0.25, 0.3) is 0 Å². The number of benzene rings is 1. The van der Waals surface area contributed by atoms with E-state index in [4.69, 9.17) is 0 Å². The highest BCUT2D eigenvalue weighted by atomic mass is 16.2. The van der Waals surface area contributed by atoms with Gasteiger partial charge in [0.2, 0.25) is 5.91 Å². The summed E-state index contributed by atoms with van der Waals surface area (Å²) in [5.74, 6) is 3.05. The molecule has 1 aliphatic carbocycles. The third-order valence-electron chi connectivity index (χ3n) is 7.25. The molecule has 4 bridgehead atoms. The van der Waals surface area contributed by atoms with E-state index >= 15 is 0 Å². The summed E-state index contributed by atoms with van der Waals surface area (Å²) in [6.45, 7) is 12.8. The molecule has 1 saturated carbocycles. The van der Waals surface area contributed by atoms with Crippen LogP contribution < -0.4 is 10.6 Å². The lowest BCUT2D eigenvalue weighted by Gasteiger charge is -2.56. The van der Waals surface area contributed by atoms with Crippen molar-refractivity contribution >= 4 is 5.91 Å². The van der Waals surface area contributed by atoms with Gasteiger partial charge in [0.25, 0.3) is 0 Å². The van der Waals surface area contributed by atoms with E-state index in [0.29, 0.717) is 35.6 Å². The van der Waals surface area contributed by atoms with Crippen LogP contribution in [0.4, 0.5) is 0 Å². The molecule has 5 rings (SSSR count). The fraction of sp³-hybridized carbons (Fsp3) is 0.708. The van der Waals surface area contributed by atoms with Crippen LogP contribution >= 0.6 is 0 Å². The van der Waals surface area contributed by atoms with Crippen molar-refractivity contribution in [3.63, 3.8) is 0 Å². The molecule has 0 aromatic heterocycles. The van der Waals surface area contributed by atoms with Gasteiger partial charge in [-0.05, 0) is 42.1 Å². The van der Waals surface area contributed by atoms with Gasteiger partial charge in [-0.3, -0.25) is 9.69 Å². The predicted octanol–water partition coefficient (Wildman–Crippen LogP) is 3.28. The average Bonchev–Trinajstić information content (AvgIpc) is 2.96. The van der Waals surface area contributed by atoms with E-state index < -0.39 is 0 Å². The monoisotopic (exact) mass is 383 g/mol. The number of hydrogen-bond acceptors (Lipinski definition) is 3. The maximum Gasteiger partial charge on any atom is 0.240 e. The van der Waals surface area contributed by atoms with Gasteiger partial charge in [0.05, 0.1) is 0 Å². The molecule has 5 atom stereocenters. The van der Waals surface area contributed by atoms with Crippen molar-refractivity contribution in [2.24, 2.45) is 29.6 Å². The van der Waals surface area contributed by atoms with Crippen molar-refractivity contribution in [2.75, 3.05) is 19.6 Å². The first-order chi connectivity index (χ1) is 13.4. The summed E-state index contributed by atoms with van der Waals surface area (Å²) in [5, 5.41) is 7.04. The van der Waals surface area contributed by atoms with Crippen LogP contribution in [-0.2, 0) is 11.3 Å². The second kappa shape index (κ2) is 7.79. The molecule has 3 heterocycles. The molecular weight excluding hydrogens is 346 g/mol. The van der Waals surface area contributed by atoms with Gasteiger partial charge in [0.1, 0.15) is 5.54 Å². The quantitative estimate of drug-likeness (QED) is 0.759. The van der Waals surface area contributed by atoms with Crippen molar-refractivity contribution < 1.29 is 4.79 Å². The van der Waals surface area contributed by atoms with Crippen molar-refractivity contribution in [2.45, 2.75) is 58.7 Å². The lowest BCUT2D eigenvalue weighted by molar-refractivity contribution is -0.139. The van der Waals surface area contributed by atoms with Crippen molar-refractivity contribution in [3.8, 4) is 0 Å². The number of likely N-dealkylation sites (tertiary alicyclic amines) is 1. The summed E-state index contributed by atoms with van der Waals surface area (Å²) < 4.78 is 0. The summed E-state index contributed by atoms with van der Waals surface area (Å²) >= 11 is 0. The fourth-order valence-electron chi connectivity index (χ4n) is 6.16. The Hall–Kier alpha value is -1.39. The highest BCUT2D eigenvalue weighted by Gasteiger charge is 2.64. The number of rotatable bonds is 7. The molecule has 4 aliphatic rings. The Labute approximate surface area is 170 Å². The standard InChI is InChI=1S/C24H37N3O/c1-16(2)10-21-22-20-13-26-24(21,23(28)25-12-17(3)4)11-19(20)15-27(22)14-18-8-6-5-7-9-18/h5-9,16-17,19-22,26H,10-15H2,1-4H3,(H,25,28)/t19-,20-,21+,22+,24+/m1/s1. The molecule has 4 heteroatoms. The topological polar surface area (TPSA) is 44.4 Å². The lowest BCUT2D eigenvalue weighted by atomic mass is 9.57. The Morgan fingerprint density at radius 3 is 2.64 bits per heavy atom. The van der Waals surface area contributed by atoms with E-state index in [9.17, 15) is 4.79 Å². The van der Waals surface area contributed by atoms with E-state index in [1.807, 2.05) is 0 Å². The van der Waals surface area contributed by atoms with Gasteiger partial charge in [-0.25, -0.2) is 0 Å². The molecule has 0 spiro atoms. The van der Waals surface area contributed by atoms with Crippen LogP contribution in [0.1, 0.15) is 46.1 Å². The Morgan fingerprint density at radius 1 is 1.21 bits per heavy atom. The maximum absolute atomic E-state index is 13.5. The number of fused-ring (bicyclic) bond motifs is 1. The number of carbonyl (C=O) groups is 1. The Bertz CT molecular complexity index is 688. The molecule has 2 N–H and O–H groups in total. The molecular formula is C24H37N3O. The zero-order chi connectivity index (χ0) is 19.9. The number of piperidine rings is 2. The lowest BCUT2D eigenvalue weighted by Crippen LogP contribution is -2.74. The van der Waals surface area contributed by atoms with Gasteiger partial charge in [-0.1, -0.05) is 58.0 Å². The van der Waals surface area contributed by atoms with Crippen molar-refractivity contribution in [1.82, 2.24) is 15.5 Å². The minimum absolute atomic E-state index is 0.251. The smallest absolute Gasteiger partial charge is 0.240 e. The van der Waals surface area contributed by atoms with Gasteiger partial charge in [-0.2, -0.15) is 0 Å². The largest absolute Gasteiger partial charge is 0.354 e. The van der Waals surface area contributed by atoms with Gasteiger partial charge in [0.15, 0.2) is 0 Å². The van der Waals surface area contributed by atoms with E-state index in [0.717, 1.165) is 39.0 Å². The summed E-state index contributed by atoms with van der Waals surface area (Å²) in [5.41, 5.74) is 1.01. The first-order valence-electron chi connectivity index (χ1n) is 11.2. The van der Waals surface area contributed by atoms with E-state index in [2.05, 4.69) is 73.6 Å². The molecule has 0 radical (unpaired) electrons. The SMILES string of the molecule is CC(C)CNC(=O)[C@@]12C[C@@H]3CN(Cc4ccccc4)[C@@H]([C@@H]3CN1)[C@@H]2CC(C)C. The van der Waals surface area contributed by atoms with Crippen LogP contribution in [0, 0.1) is 29.6 Å². The summed E-state index contributed by atoms with van der Waals surface area (Å²) in [4.78, 5) is 16.2. The molecule has 28 heavy (non-hydrogen) atoms. The second-order valence-electron chi connectivity index (χ2n) is 10.2. The van der Waals surface area contributed by atoms with Gasteiger partial charge in [-0.15, -0.1) is 0 Å². The number of amides is 1. The van der Waals surface area contributed by atoms with Crippen LogP contribution in [-0.4, -0.2) is 42.0 Å². The van der Waals surface area contributed by atoms with Crippen molar-refractivity contribution in [3.05, 3.63) is 35.9 Å². The predicted molar refractivity (Wildman–Crippen MR) is 114 cm³/mol. The Kier molecular flexibility index (Phi) is 5.54. The first kappa shape index (κ1) is 19.9. The second-order valence-corrected chi connectivity index (χ2v) is 10.2. The van der Waals surface area contributed by atoms with Crippen LogP contribution in [0.15, 0.2) is 30.3 Å².